The van der Waals surface area contributed by atoms with E-state index in [2.05, 4.69) is 40.8 Å². The molecule has 0 saturated heterocycles. The summed E-state index contributed by atoms with van der Waals surface area (Å²) in [6.45, 7) is 9.10. The molecule has 0 radical (unpaired) electrons. The van der Waals surface area contributed by atoms with Crippen LogP contribution in [0.5, 0.6) is 0 Å². The molecule has 0 atom stereocenters. The smallest absolute Gasteiger partial charge is 0.247 e. The summed E-state index contributed by atoms with van der Waals surface area (Å²) in [6, 6.07) is 0. The maximum absolute atomic E-state index is 12.4. The maximum atomic E-state index is 12.4. The summed E-state index contributed by atoms with van der Waals surface area (Å²) in [5.74, 6) is 1.59. The van der Waals surface area contributed by atoms with Gasteiger partial charge >= 0.3 is 0 Å². The van der Waals surface area contributed by atoms with Gasteiger partial charge < -0.3 is 10.4 Å². The second-order valence-electron chi connectivity index (χ2n) is 12.7. The Morgan fingerprint density at radius 2 is 1.24 bits per heavy atom. The summed E-state index contributed by atoms with van der Waals surface area (Å²) in [4.78, 5) is 14.8. The van der Waals surface area contributed by atoms with Gasteiger partial charge in [-0.25, -0.2) is 0 Å². The molecule has 0 aromatic carbocycles. The van der Waals surface area contributed by atoms with Crippen molar-refractivity contribution in [2.45, 2.75) is 174 Å². The van der Waals surface area contributed by atoms with Crippen molar-refractivity contribution >= 4 is 11.7 Å². The molecule has 1 rings (SSSR count). The number of carbonyl (C=O) groups is 1. The second-order valence-corrected chi connectivity index (χ2v) is 12.7. The lowest BCUT2D eigenvalue weighted by molar-refractivity contribution is -0.521. The molecule has 0 aromatic rings. The van der Waals surface area contributed by atoms with E-state index >= 15 is 0 Å². The average Bonchev–Trinajstić information content (AvgIpc) is 3.37. The van der Waals surface area contributed by atoms with E-state index in [-0.39, 0.29) is 12.5 Å². The minimum absolute atomic E-state index is 0.204. The van der Waals surface area contributed by atoms with Crippen molar-refractivity contribution in [3.8, 4) is 0 Å². The minimum atomic E-state index is 0.204. The highest BCUT2D eigenvalue weighted by Gasteiger charge is 2.29. The van der Waals surface area contributed by atoms with Crippen molar-refractivity contribution in [1.82, 2.24) is 10.2 Å². The van der Waals surface area contributed by atoms with E-state index in [1.165, 1.54) is 141 Å². The van der Waals surface area contributed by atoms with E-state index in [0.717, 1.165) is 52.0 Å². The molecule has 1 heterocycles. The Morgan fingerprint density at radius 3 is 1.79 bits per heavy atom. The molecule has 0 fully saturated rings. The topological polar surface area (TPSA) is 55.6 Å². The van der Waals surface area contributed by atoms with Crippen LogP contribution in [0.1, 0.15) is 174 Å². The lowest BCUT2D eigenvalue weighted by Crippen LogP contribution is -2.37. The molecule has 5 nitrogen and oxygen atoms in total. The number of nitrogens with zero attached hydrogens (tertiary/aromatic N) is 2. The number of aliphatic hydroxyl groups is 1. The highest BCUT2D eigenvalue weighted by Crippen LogP contribution is 2.14. The third-order valence-corrected chi connectivity index (χ3v) is 8.86. The van der Waals surface area contributed by atoms with E-state index in [4.69, 9.17) is 0 Å². The number of β-amino-alcohol motifs (C(OH)–C–C–N with tert-alkyl or cyclic N) is 1. The van der Waals surface area contributed by atoms with Crippen LogP contribution in [0, 0.1) is 0 Å². The number of hydrogen-bond donors (Lipinski definition) is 2. The summed E-state index contributed by atoms with van der Waals surface area (Å²) >= 11 is 0. The molecule has 1 amide bonds. The van der Waals surface area contributed by atoms with Gasteiger partial charge in [0.2, 0.25) is 11.7 Å². The first-order valence-electron chi connectivity index (χ1n) is 18.6. The van der Waals surface area contributed by atoms with Gasteiger partial charge in [-0.1, -0.05) is 135 Å². The molecule has 0 saturated carbocycles. The molecule has 0 spiro atoms. The highest BCUT2D eigenvalue weighted by molar-refractivity contribution is 5.79. The van der Waals surface area contributed by atoms with Gasteiger partial charge in [0.15, 0.2) is 0 Å². The Kier molecular flexibility index (Phi) is 27.3. The lowest BCUT2D eigenvalue weighted by Gasteiger charge is -2.14. The maximum Gasteiger partial charge on any atom is 0.247 e. The van der Waals surface area contributed by atoms with E-state index in [9.17, 15) is 9.90 Å². The van der Waals surface area contributed by atoms with Crippen molar-refractivity contribution in [1.29, 1.82) is 0 Å². The number of allylic oxidation sites excluding steroid dienone is 2. The molecule has 0 bridgehead atoms. The molecular formula is C37H72N3O2+. The number of carbonyl (C=O) groups excluding carboxylic acids is 1. The van der Waals surface area contributed by atoms with Crippen LogP contribution in [0.4, 0.5) is 0 Å². The molecule has 0 unspecified atom stereocenters. The normalized spacial score (nSPS) is 13.6. The fourth-order valence-corrected chi connectivity index (χ4v) is 6.16. The predicted molar refractivity (Wildman–Crippen MR) is 183 cm³/mol. The lowest BCUT2D eigenvalue weighted by atomic mass is 10.1. The summed E-state index contributed by atoms with van der Waals surface area (Å²) < 4.78 is 2.36. The third-order valence-electron chi connectivity index (χ3n) is 8.86. The zero-order valence-corrected chi connectivity index (χ0v) is 28.3. The van der Waals surface area contributed by atoms with E-state index in [1.54, 1.807) is 0 Å². The number of unbranched alkanes of at least 4 members (excludes halogenated alkanes) is 20. The van der Waals surface area contributed by atoms with Crippen LogP contribution in [-0.4, -0.2) is 65.7 Å². The van der Waals surface area contributed by atoms with Crippen molar-refractivity contribution in [3.05, 3.63) is 12.2 Å². The van der Waals surface area contributed by atoms with Crippen molar-refractivity contribution in [2.24, 2.45) is 0 Å². The van der Waals surface area contributed by atoms with Gasteiger partial charge in [-0.15, -0.1) is 0 Å². The number of rotatable bonds is 31. The number of nitrogens with one attached hydrogen (secondary N) is 1. The molecule has 1 aliphatic rings. The quantitative estimate of drug-likeness (QED) is 0.0481. The predicted octanol–water partition coefficient (Wildman–Crippen LogP) is 9.17. The summed E-state index contributed by atoms with van der Waals surface area (Å²) in [6.07, 6.45) is 36.8. The van der Waals surface area contributed by atoms with Crippen LogP contribution in [0.15, 0.2) is 12.2 Å². The monoisotopic (exact) mass is 591 g/mol. The number of hydrogen-bond acceptors (Lipinski definition) is 3. The highest BCUT2D eigenvalue weighted by atomic mass is 16.3. The molecule has 42 heavy (non-hydrogen) atoms. The number of aliphatic hydroxyl groups excluding tert-OH is 1. The van der Waals surface area contributed by atoms with Gasteiger partial charge in [0, 0.05) is 12.8 Å². The van der Waals surface area contributed by atoms with E-state index < -0.39 is 0 Å². The van der Waals surface area contributed by atoms with Crippen LogP contribution >= 0.6 is 0 Å². The zero-order chi connectivity index (χ0) is 30.4. The van der Waals surface area contributed by atoms with Gasteiger partial charge in [-0.05, 0) is 38.5 Å². The van der Waals surface area contributed by atoms with E-state index in [1.807, 2.05) is 0 Å². The van der Waals surface area contributed by atoms with Crippen LogP contribution < -0.4 is 5.32 Å². The molecular weight excluding hydrogens is 518 g/mol. The first kappa shape index (κ1) is 38.7. The van der Waals surface area contributed by atoms with Gasteiger partial charge in [0.05, 0.1) is 13.2 Å². The van der Waals surface area contributed by atoms with Gasteiger partial charge in [-0.2, -0.15) is 0 Å². The van der Waals surface area contributed by atoms with Crippen LogP contribution in [-0.2, 0) is 4.79 Å². The average molecular weight is 591 g/mol. The number of amides is 1. The summed E-state index contributed by atoms with van der Waals surface area (Å²) in [5, 5.41) is 12.7. The molecule has 0 aromatic heterocycles. The SMILES string of the molecule is CCCCCCCCC=CCCCCCCCC(=O)NCCN1CC[N+](CCO)=C1CCCCCCCCCCCC. The van der Waals surface area contributed by atoms with Crippen LogP contribution in [0.2, 0.25) is 0 Å². The van der Waals surface area contributed by atoms with Gasteiger partial charge in [0.1, 0.15) is 26.2 Å². The van der Waals surface area contributed by atoms with Crippen molar-refractivity contribution < 1.29 is 14.5 Å². The zero-order valence-electron chi connectivity index (χ0n) is 28.3. The second kappa shape index (κ2) is 29.7. The third kappa shape index (κ3) is 22.2. The fourth-order valence-electron chi connectivity index (χ4n) is 6.16. The standard InChI is InChI=1S/C37H71N3O2/c1-3-5-7-9-11-13-15-16-17-18-19-20-22-24-26-28-36(42)38-30-31-39-32-33-40(34-35-41)37(39)29-27-25-23-21-14-12-10-8-6-4-2/h16-17,41H,3-15,18-35H2,1-2H3/p+1. The summed E-state index contributed by atoms with van der Waals surface area (Å²) in [7, 11) is 0. The Morgan fingerprint density at radius 1 is 0.738 bits per heavy atom. The summed E-state index contributed by atoms with van der Waals surface area (Å²) in [5.41, 5.74) is 0. The number of amidine groups is 1. The Bertz CT molecular complexity index is 676. The minimum Gasteiger partial charge on any atom is -0.392 e. The molecule has 2 N–H and O–H groups in total. The molecule has 1 aliphatic heterocycles. The van der Waals surface area contributed by atoms with Crippen molar-refractivity contribution in [2.75, 3.05) is 39.3 Å². The van der Waals surface area contributed by atoms with Gasteiger partial charge in [0.25, 0.3) is 0 Å². The van der Waals surface area contributed by atoms with Crippen molar-refractivity contribution in [3.63, 3.8) is 0 Å². The Balaban J connectivity index is 2.05. The van der Waals surface area contributed by atoms with Gasteiger partial charge in [-0.3, -0.25) is 14.3 Å². The fraction of sp³-hybridized carbons (Fsp3) is 0.892. The Hall–Kier alpha value is -1.36. The first-order valence-corrected chi connectivity index (χ1v) is 18.6. The molecule has 0 aliphatic carbocycles. The largest absolute Gasteiger partial charge is 0.392 e. The molecule has 246 valence electrons. The molecule has 5 heteroatoms. The first-order chi connectivity index (χ1) is 20.7. The van der Waals surface area contributed by atoms with Crippen LogP contribution in [0.25, 0.3) is 0 Å². The van der Waals surface area contributed by atoms with Crippen LogP contribution in [0.3, 0.4) is 0 Å². The van der Waals surface area contributed by atoms with E-state index in [0.29, 0.717) is 6.42 Å². The Labute approximate surface area is 262 Å².